The number of piperazine rings is 1. The Morgan fingerprint density at radius 2 is 2.04 bits per heavy atom. The van der Waals surface area contributed by atoms with E-state index in [2.05, 4.69) is 9.97 Å². The molecular weight excluding hydrogens is 328 g/mol. The zero-order valence-corrected chi connectivity index (χ0v) is 14.8. The number of aromatic amines is 1. The van der Waals surface area contributed by atoms with E-state index >= 15 is 0 Å². The Hall–Kier alpha value is -3.15. The van der Waals surface area contributed by atoms with Gasteiger partial charge in [-0.25, -0.2) is 4.98 Å². The predicted molar refractivity (Wildman–Crippen MR) is 100 cm³/mol. The fraction of sp³-hybridized carbons (Fsp3) is 0.250. The van der Waals surface area contributed by atoms with Gasteiger partial charge in [0.1, 0.15) is 6.54 Å². The highest BCUT2D eigenvalue weighted by molar-refractivity contribution is 6.03. The molecular formula is C20H20N4O2. The molecule has 2 amide bonds. The highest BCUT2D eigenvalue weighted by atomic mass is 16.2. The summed E-state index contributed by atoms with van der Waals surface area (Å²) in [6, 6.07) is 13.1. The number of rotatable bonds is 2. The first kappa shape index (κ1) is 16.3. The van der Waals surface area contributed by atoms with Gasteiger partial charge < -0.3 is 14.8 Å². The predicted octanol–water partition coefficient (Wildman–Crippen LogP) is 2.75. The lowest BCUT2D eigenvalue weighted by atomic mass is 10.1. The largest absolute Gasteiger partial charge is 0.345 e. The van der Waals surface area contributed by atoms with Gasteiger partial charge in [-0.05, 0) is 43.7 Å². The molecule has 2 heterocycles. The maximum atomic E-state index is 12.9. The third kappa shape index (κ3) is 2.73. The molecule has 1 unspecified atom stereocenters. The molecule has 0 bridgehead atoms. The second-order valence-corrected chi connectivity index (χ2v) is 6.72. The fourth-order valence-electron chi connectivity index (χ4n) is 3.56. The van der Waals surface area contributed by atoms with E-state index in [4.69, 9.17) is 0 Å². The number of hydrogen-bond donors (Lipinski definition) is 1. The number of anilines is 1. The summed E-state index contributed by atoms with van der Waals surface area (Å²) >= 11 is 0. The first-order valence-electron chi connectivity index (χ1n) is 8.64. The number of carbonyl (C=O) groups excluding carboxylic acids is 2. The molecule has 1 aliphatic rings. The number of para-hydroxylation sites is 1. The molecule has 1 saturated heterocycles. The van der Waals surface area contributed by atoms with Crippen LogP contribution in [0.3, 0.4) is 0 Å². The first-order valence-corrected chi connectivity index (χ1v) is 8.64. The molecule has 0 saturated carbocycles. The Morgan fingerprint density at radius 3 is 2.81 bits per heavy atom. The van der Waals surface area contributed by atoms with Crippen molar-refractivity contribution < 1.29 is 9.59 Å². The summed E-state index contributed by atoms with van der Waals surface area (Å²) in [5.41, 5.74) is 4.16. The number of imidazole rings is 1. The molecule has 1 fully saturated rings. The minimum atomic E-state index is -0.133. The van der Waals surface area contributed by atoms with Gasteiger partial charge in [0.2, 0.25) is 5.91 Å². The van der Waals surface area contributed by atoms with Crippen LogP contribution < -0.4 is 4.90 Å². The highest BCUT2D eigenvalue weighted by Crippen LogP contribution is 2.25. The number of nitrogens with one attached hydrogen (secondary N) is 1. The summed E-state index contributed by atoms with van der Waals surface area (Å²) in [7, 11) is 0. The molecule has 1 N–H and O–H groups in total. The van der Waals surface area contributed by atoms with Crippen molar-refractivity contribution in [1.82, 2.24) is 14.9 Å². The lowest BCUT2D eigenvalue weighted by Gasteiger charge is -2.40. The minimum Gasteiger partial charge on any atom is -0.345 e. The number of aromatic nitrogens is 2. The normalized spacial score (nSPS) is 17.8. The van der Waals surface area contributed by atoms with E-state index < -0.39 is 0 Å². The van der Waals surface area contributed by atoms with Gasteiger partial charge in [0.15, 0.2) is 0 Å². The van der Waals surface area contributed by atoms with Crippen LogP contribution in [-0.4, -0.2) is 45.8 Å². The van der Waals surface area contributed by atoms with Crippen molar-refractivity contribution in [2.45, 2.75) is 19.9 Å². The molecule has 4 rings (SSSR count). The van der Waals surface area contributed by atoms with Crippen LogP contribution in [0.1, 0.15) is 22.8 Å². The van der Waals surface area contributed by atoms with Gasteiger partial charge >= 0.3 is 0 Å². The molecule has 0 radical (unpaired) electrons. The van der Waals surface area contributed by atoms with Gasteiger partial charge in [-0.1, -0.05) is 18.2 Å². The number of fused-ring (bicyclic) bond motifs is 1. The number of nitrogens with zero attached hydrogens (tertiary/aromatic N) is 3. The van der Waals surface area contributed by atoms with E-state index in [-0.39, 0.29) is 24.4 Å². The maximum Gasteiger partial charge on any atom is 0.254 e. The fourth-order valence-corrected chi connectivity index (χ4v) is 3.56. The Balaban J connectivity index is 1.58. The van der Waals surface area contributed by atoms with Crippen molar-refractivity contribution in [2.24, 2.45) is 0 Å². The lowest BCUT2D eigenvalue weighted by Crippen LogP contribution is -2.57. The van der Waals surface area contributed by atoms with E-state index in [1.165, 1.54) is 0 Å². The quantitative estimate of drug-likeness (QED) is 0.774. The summed E-state index contributed by atoms with van der Waals surface area (Å²) in [6.45, 7) is 4.55. The molecule has 6 heteroatoms. The summed E-state index contributed by atoms with van der Waals surface area (Å²) in [5, 5.41) is 0. The zero-order valence-electron chi connectivity index (χ0n) is 14.8. The summed E-state index contributed by atoms with van der Waals surface area (Å²) in [4.78, 5) is 36.3. The second-order valence-electron chi connectivity index (χ2n) is 6.72. The van der Waals surface area contributed by atoms with E-state index in [1.54, 1.807) is 28.3 Å². The van der Waals surface area contributed by atoms with Crippen molar-refractivity contribution in [3.05, 3.63) is 59.9 Å². The van der Waals surface area contributed by atoms with E-state index in [0.717, 1.165) is 22.3 Å². The first-order chi connectivity index (χ1) is 12.5. The second kappa shape index (κ2) is 6.29. The standard InChI is InChI=1S/C20H20N4O2/c1-13-5-3-4-6-18(13)24-14(2)10-23(11-19(24)25)20(26)15-7-8-16-17(9-15)22-12-21-16/h3-9,12,14H,10-11H2,1-2H3,(H,21,22). The molecule has 132 valence electrons. The van der Waals surface area contributed by atoms with E-state index in [0.29, 0.717) is 12.1 Å². The summed E-state index contributed by atoms with van der Waals surface area (Å²) < 4.78 is 0. The van der Waals surface area contributed by atoms with Gasteiger partial charge in [0.25, 0.3) is 5.91 Å². The molecule has 0 aliphatic carbocycles. The van der Waals surface area contributed by atoms with Gasteiger partial charge in [-0.3, -0.25) is 9.59 Å². The average molecular weight is 348 g/mol. The summed E-state index contributed by atoms with van der Waals surface area (Å²) in [6.07, 6.45) is 1.60. The monoisotopic (exact) mass is 348 g/mol. The van der Waals surface area contributed by atoms with Crippen molar-refractivity contribution >= 4 is 28.5 Å². The number of H-pyrrole nitrogens is 1. The average Bonchev–Trinajstić information content (AvgIpc) is 3.09. The third-order valence-corrected chi connectivity index (χ3v) is 4.85. The molecule has 26 heavy (non-hydrogen) atoms. The SMILES string of the molecule is Cc1ccccc1N1C(=O)CN(C(=O)c2ccc3nc[nH]c3c2)CC1C. The number of benzene rings is 2. The van der Waals surface area contributed by atoms with Crippen LogP contribution in [0.25, 0.3) is 11.0 Å². The maximum absolute atomic E-state index is 12.9. The number of aryl methyl sites for hydroxylation is 1. The molecule has 1 aromatic heterocycles. The number of carbonyl (C=O) groups is 2. The Bertz CT molecular complexity index is 994. The Morgan fingerprint density at radius 1 is 1.23 bits per heavy atom. The van der Waals surface area contributed by atoms with Gasteiger partial charge in [-0.15, -0.1) is 0 Å². The summed E-state index contributed by atoms with van der Waals surface area (Å²) in [5.74, 6) is -0.194. The van der Waals surface area contributed by atoms with Gasteiger partial charge in [-0.2, -0.15) is 0 Å². The van der Waals surface area contributed by atoms with Crippen LogP contribution in [0.4, 0.5) is 5.69 Å². The van der Waals surface area contributed by atoms with Crippen LogP contribution in [0.2, 0.25) is 0 Å². The molecule has 0 spiro atoms. The molecule has 1 aliphatic heterocycles. The van der Waals surface area contributed by atoms with Crippen LogP contribution >= 0.6 is 0 Å². The van der Waals surface area contributed by atoms with Crippen LogP contribution in [-0.2, 0) is 4.79 Å². The molecule has 6 nitrogen and oxygen atoms in total. The van der Waals surface area contributed by atoms with Crippen molar-refractivity contribution in [2.75, 3.05) is 18.0 Å². The smallest absolute Gasteiger partial charge is 0.254 e. The van der Waals surface area contributed by atoms with Gasteiger partial charge in [0, 0.05) is 17.8 Å². The van der Waals surface area contributed by atoms with E-state index in [1.807, 2.05) is 44.2 Å². The topological polar surface area (TPSA) is 69.3 Å². The highest BCUT2D eigenvalue weighted by Gasteiger charge is 2.34. The van der Waals surface area contributed by atoms with Crippen molar-refractivity contribution in [3.63, 3.8) is 0 Å². The molecule has 1 atom stereocenters. The Kier molecular flexibility index (Phi) is 3.95. The third-order valence-electron chi connectivity index (χ3n) is 4.85. The zero-order chi connectivity index (χ0) is 18.3. The Labute approximate surface area is 151 Å². The van der Waals surface area contributed by atoms with Crippen molar-refractivity contribution in [1.29, 1.82) is 0 Å². The van der Waals surface area contributed by atoms with Crippen molar-refractivity contribution in [3.8, 4) is 0 Å². The van der Waals surface area contributed by atoms with Crippen LogP contribution in [0.15, 0.2) is 48.8 Å². The molecule has 2 aromatic carbocycles. The lowest BCUT2D eigenvalue weighted by molar-refractivity contribution is -0.121. The van der Waals surface area contributed by atoms with E-state index in [9.17, 15) is 9.59 Å². The molecule has 3 aromatic rings. The van der Waals surface area contributed by atoms with Crippen LogP contribution in [0, 0.1) is 6.92 Å². The van der Waals surface area contributed by atoms with Gasteiger partial charge in [0.05, 0.1) is 23.4 Å². The van der Waals surface area contributed by atoms with Crippen LogP contribution in [0.5, 0.6) is 0 Å². The minimum absolute atomic E-state index is 0.0611. The number of hydrogen-bond acceptors (Lipinski definition) is 3. The number of amides is 2.